The maximum absolute atomic E-state index is 12.4. The Labute approximate surface area is 129 Å². The minimum Gasteiger partial charge on any atom is -0.481 e. The van der Waals surface area contributed by atoms with Crippen LogP contribution in [0.5, 0.6) is 5.75 Å². The van der Waals surface area contributed by atoms with E-state index in [4.69, 9.17) is 4.74 Å². The monoisotopic (exact) mass is 303 g/mol. The number of aliphatic carboxylic acids is 1. The standard InChI is InChI=1S/C17H21NO4/c19-16(15-10-11-6-4-5-9-14(11)22-15)18-13-8-3-1-2-7-12(13)17(20)21/h4-6,9,12-13,15H,1-3,7-8,10H2,(H,18,19)(H,20,21)/t12-,13+,15?/m1/s1. The van der Waals surface area contributed by atoms with Crippen LogP contribution in [0.2, 0.25) is 0 Å². The number of hydrogen-bond donors (Lipinski definition) is 2. The first kappa shape index (κ1) is 14.9. The summed E-state index contributed by atoms with van der Waals surface area (Å²) in [7, 11) is 0. The largest absolute Gasteiger partial charge is 0.481 e. The van der Waals surface area contributed by atoms with Crippen LogP contribution in [0.4, 0.5) is 0 Å². The van der Waals surface area contributed by atoms with Gasteiger partial charge in [-0.15, -0.1) is 0 Å². The maximum Gasteiger partial charge on any atom is 0.308 e. The van der Waals surface area contributed by atoms with E-state index >= 15 is 0 Å². The number of hydrogen-bond acceptors (Lipinski definition) is 3. The predicted molar refractivity (Wildman–Crippen MR) is 80.7 cm³/mol. The van der Waals surface area contributed by atoms with Gasteiger partial charge in [-0.1, -0.05) is 37.5 Å². The van der Waals surface area contributed by atoms with Crippen LogP contribution in [-0.4, -0.2) is 29.1 Å². The summed E-state index contributed by atoms with van der Waals surface area (Å²) in [6.07, 6.45) is 4.26. The zero-order chi connectivity index (χ0) is 15.5. The van der Waals surface area contributed by atoms with Crippen molar-refractivity contribution in [2.75, 3.05) is 0 Å². The van der Waals surface area contributed by atoms with Crippen molar-refractivity contribution in [3.05, 3.63) is 29.8 Å². The van der Waals surface area contributed by atoms with Crippen LogP contribution in [0.1, 0.15) is 37.7 Å². The van der Waals surface area contributed by atoms with Gasteiger partial charge in [-0.05, 0) is 24.5 Å². The van der Waals surface area contributed by atoms with E-state index < -0.39 is 18.0 Å². The van der Waals surface area contributed by atoms with Crippen molar-refractivity contribution < 1.29 is 19.4 Å². The molecule has 1 saturated carbocycles. The number of ether oxygens (including phenoxy) is 1. The molecule has 1 aromatic rings. The van der Waals surface area contributed by atoms with Gasteiger partial charge in [-0.25, -0.2) is 0 Å². The lowest BCUT2D eigenvalue weighted by molar-refractivity contribution is -0.143. The van der Waals surface area contributed by atoms with Crippen molar-refractivity contribution in [1.29, 1.82) is 0 Å². The predicted octanol–water partition coefficient (Wildman–Crippen LogP) is 2.14. The summed E-state index contributed by atoms with van der Waals surface area (Å²) < 4.78 is 5.68. The van der Waals surface area contributed by atoms with E-state index in [1.54, 1.807) is 0 Å². The van der Waals surface area contributed by atoms with Crippen molar-refractivity contribution in [1.82, 2.24) is 5.32 Å². The molecule has 1 aromatic carbocycles. The number of rotatable bonds is 3. The second-order valence-corrected chi connectivity index (χ2v) is 6.12. The van der Waals surface area contributed by atoms with Gasteiger partial charge in [0.05, 0.1) is 5.92 Å². The SMILES string of the molecule is O=C(N[C@H]1CCCCC[C@H]1C(=O)O)C1Cc2ccccc2O1. The second-order valence-electron chi connectivity index (χ2n) is 6.12. The van der Waals surface area contributed by atoms with E-state index in [2.05, 4.69) is 5.32 Å². The summed E-state index contributed by atoms with van der Waals surface area (Å²) in [6.45, 7) is 0. The van der Waals surface area contributed by atoms with Crippen LogP contribution in [-0.2, 0) is 16.0 Å². The first-order valence-electron chi connectivity index (χ1n) is 7.93. The van der Waals surface area contributed by atoms with Gasteiger partial charge in [0.15, 0.2) is 6.10 Å². The highest BCUT2D eigenvalue weighted by molar-refractivity contribution is 5.83. The van der Waals surface area contributed by atoms with Crippen molar-refractivity contribution >= 4 is 11.9 Å². The molecule has 22 heavy (non-hydrogen) atoms. The van der Waals surface area contributed by atoms with Gasteiger partial charge in [0.2, 0.25) is 0 Å². The average Bonchev–Trinajstić information content (AvgIpc) is 2.80. The molecule has 2 N–H and O–H groups in total. The summed E-state index contributed by atoms with van der Waals surface area (Å²) in [5.41, 5.74) is 1.03. The van der Waals surface area contributed by atoms with Crippen LogP contribution in [0.15, 0.2) is 24.3 Å². The molecule has 1 fully saturated rings. The summed E-state index contributed by atoms with van der Waals surface area (Å²) in [4.78, 5) is 23.8. The highest BCUT2D eigenvalue weighted by atomic mass is 16.5. The Morgan fingerprint density at radius 1 is 1.14 bits per heavy atom. The number of fused-ring (bicyclic) bond motifs is 1. The van der Waals surface area contributed by atoms with E-state index in [-0.39, 0.29) is 11.9 Å². The average molecular weight is 303 g/mol. The molecule has 5 heteroatoms. The molecule has 0 bridgehead atoms. The molecule has 2 aliphatic rings. The van der Waals surface area contributed by atoms with Crippen LogP contribution >= 0.6 is 0 Å². The van der Waals surface area contributed by atoms with E-state index in [0.29, 0.717) is 12.8 Å². The molecule has 3 rings (SSSR count). The summed E-state index contributed by atoms with van der Waals surface area (Å²) in [6, 6.07) is 7.32. The fourth-order valence-electron chi connectivity index (χ4n) is 3.38. The van der Waals surface area contributed by atoms with Crippen molar-refractivity contribution in [2.24, 2.45) is 5.92 Å². The normalized spacial score (nSPS) is 27.4. The number of carbonyl (C=O) groups excluding carboxylic acids is 1. The number of benzene rings is 1. The lowest BCUT2D eigenvalue weighted by atomic mass is 9.94. The lowest BCUT2D eigenvalue weighted by Gasteiger charge is -2.24. The summed E-state index contributed by atoms with van der Waals surface area (Å²) in [5, 5.41) is 12.3. The number of carboxylic acids is 1. The fraction of sp³-hybridized carbons (Fsp3) is 0.529. The van der Waals surface area contributed by atoms with Crippen LogP contribution < -0.4 is 10.1 Å². The number of carboxylic acid groups (broad SMARTS) is 1. The van der Waals surface area contributed by atoms with Crippen molar-refractivity contribution in [2.45, 2.75) is 50.7 Å². The van der Waals surface area contributed by atoms with Crippen LogP contribution in [0.3, 0.4) is 0 Å². The third-order valence-corrected chi connectivity index (χ3v) is 4.60. The molecule has 1 amide bonds. The third kappa shape index (κ3) is 3.08. The van der Waals surface area contributed by atoms with Gasteiger partial charge in [-0.3, -0.25) is 9.59 Å². The topological polar surface area (TPSA) is 75.6 Å². The smallest absolute Gasteiger partial charge is 0.308 e. The molecule has 1 heterocycles. The molecule has 5 nitrogen and oxygen atoms in total. The Kier molecular flexibility index (Phi) is 4.32. The Morgan fingerprint density at radius 2 is 1.91 bits per heavy atom. The van der Waals surface area contributed by atoms with Crippen LogP contribution in [0, 0.1) is 5.92 Å². The summed E-state index contributed by atoms with van der Waals surface area (Å²) >= 11 is 0. The first-order chi connectivity index (χ1) is 10.6. The molecular formula is C17H21NO4. The molecule has 0 radical (unpaired) electrons. The molecular weight excluding hydrogens is 282 g/mol. The third-order valence-electron chi connectivity index (χ3n) is 4.60. The van der Waals surface area contributed by atoms with Gasteiger partial charge in [0, 0.05) is 12.5 Å². The second kappa shape index (κ2) is 6.38. The van der Waals surface area contributed by atoms with Gasteiger partial charge in [0.1, 0.15) is 5.75 Å². The maximum atomic E-state index is 12.4. The minimum absolute atomic E-state index is 0.200. The molecule has 118 valence electrons. The van der Waals surface area contributed by atoms with E-state index in [1.807, 2.05) is 24.3 Å². The van der Waals surface area contributed by atoms with E-state index in [0.717, 1.165) is 37.0 Å². The summed E-state index contributed by atoms with van der Waals surface area (Å²) in [5.74, 6) is -0.759. The molecule has 0 aromatic heterocycles. The van der Waals surface area contributed by atoms with E-state index in [1.165, 1.54) is 0 Å². The number of amides is 1. The van der Waals surface area contributed by atoms with Gasteiger partial charge < -0.3 is 15.2 Å². The molecule has 3 atom stereocenters. The molecule has 0 saturated heterocycles. The fourth-order valence-corrected chi connectivity index (χ4v) is 3.38. The molecule has 1 aliphatic heterocycles. The Hall–Kier alpha value is -2.04. The minimum atomic E-state index is -0.817. The van der Waals surface area contributed by atoms with Gasteiger partial charge in [-0.2, -0.15) is 0 Å². The Balaban J connectivity index is 1.65. The highest BCUT2D eigenvalue weighted by Crippen LogP contribution is 2.29. The molecule has 1 unspecified atom stereocenters. The number of nitrogens with one attached hydrogen (secondary N) is 1. The molecule has 1 aliphatic carbocycles. The lowest BCUT2D eigenvalue weighted by Crippen LogP contribution is -2.47. The van der Waals surface area contributed by atoms with Gasteiger partial charge in [0.25, 0.3) is 5.91 Å². The zero-order valence-corrected chi connectivity index (χ0v) is 12.5. The highest BCUT2D eigenvalue weighted by Gasteiger charge is 2.34. The Morgan fingerprint density at radius 3 is 2.68 bits per heavy atom. The number of carbonyl (C=O) groups is 2. The van der Waals surface area contributed by atoms with Gasteiger partial charge >= 0.3 is 5.97 Å². The van der Waals surface area contributed by atoms with E-state index in [9.17, 15) is 14.7 Å². The van der Waals surface area contributed by atoms with Crippen molar-refractivity contribution in [3.8, 4) is 5.75 Å². The molecule has 0 spiro atoms. The number of para-hydroxylation sites is 1. The van der Waals surface area contributed by atoms with Crippen molar-refractivity contribution in [3.63, 3.8) is 0 Å². The zero-order valence-electron chi connectivity index (χ0n) is 12.5. The quantitative estimate of drug-likeness (QED) is 0.839. The van der Waals surface area contributed by atoms with Crippen LogP contribution in [0.25, 0.3) is 0 Å². The Bertz CT molecular complexity index is 547. The first-order valence-corrected chi connectivity index (χ1v) is 7.93.